The largest absolute Gasteiger partial charge is 0.366 e. The van der Waals surface area contributed by atoms with E-state index in [-0.39, 0.29) is 5.91 Å². The van der Waals surface area contributed by atoms with Gasteiger partial charge >= 0.3 is 0 Å². The molecule has 2 aromatic heterocycles. The lowest BCUT2D eigenvalue weighted by molar-refractivity contribution is 0.1000. The standard InChI is InChI=1S/C20H29N3O/c1-4-6-8-12-17-19(16-11-9-10-13-22-16)18(20(21)24)15(3)23(17)14-7-5-2/h9-11,13H,4-8,12,14H2,1-3H3,(H2,21,24). The monoisotopic (exact) mass is 327 g/mol. The van der Waals surface area contributed by atoms with Crippen LogP contribution in [-0.4, -0.2) is 15.5 Å². The van der Waals surface area contributed by atoms with Crippen molar-refractivity contribution in [3.63, 3.8) is 0 Å². The fourth-order valence-electron chi connectivity index (χ4n) is 3.31. The van der Waals surface area contributed by atoms with Gasteiger partial charge in [-0.1, -0.05) is 39.2 Å². The fourth-order valence-corrected chi connectivity index (χ4v) is 3.31. The Hall–Kier alpha value is -2.10. The third-order valence-electron chi connectivity index (χ3n) is 4.55. The van der Waals surface area contributed by atoms with Gasteiger partial charge in [0.1, 0.15) is 0 Å². The average molecular weight is 327 g/mol. The molecular weight excluding hydrogens is 298 g/mol. The van der Waals surface area contributed by atoms with E-state index in [4.69, 9.17) is 5.73 Å². The molecule has 1 amide bonds. The number of aromatic nitrogens is 2. The van der Waals surface area contributed by atoms with Crippen molar-refractivity contribution in [1.82, 2.24) is 9.55 Å². The zero-order valence-electron chi connectivity index (χ0n) is 15.1. The number of carbonyl (C=O) groups excluding carboxylic acids is 1. The molecule has 130 valence electrons. The Balaban J connectivity index is 2.60. The minimum absolute atomic E-state index is 0.361. The Kier molecular flexibility index (Phi) is 6.59. The van der Waals surface area contributed by atoms with Gasteiger partial charge in [-0.25, -0.2) is 0 Å². The molecule has 0 aliphatic carbocycles. The van der Waals surface area contributed by atoms with E-state index < -0.39 is 0 Å². The second-order valence-electron chi connectivity index (χ2n) is 6.32. The summed E-state index contributed by atoms with van der Waals surface area (Å²) in [5, 5.41) is 0. The summed E-state index contributed by atoms with van der Waals surface area (Å²) in [6.07, 6.45) is 8.42. The minimum Gasteiger partial charge on any atom is -0.366 e. The van der Waals surface area contributed by atoms with Crippen molar-refractivity contribution in [1.29, 1.82) is 0 Å². The normalized spacial score (nSPS) is 11.0. The third-order valence-corrected chi connectivity index (χ3v) is 4.55. The number of rotatable bonds is 9. The van der Waals surface area contributed by atoms with Crippen LogP contribution >= 0.6 is 0 Å². The fraction of sp³-hybridized carbons (Fsp3) is 0.500. The van der Waals surface area contributed by atoms with Gasteiger partial charge in [0.05, 0.1) is 11.3 Å². The van der Waals surface area contributed by atoms with E-state index in [0.717, 1.165) is 49.2 Å². The Morgan fingerprint density at radius 1 is 1.17 bits per heavy atom. The first kappa shape index (κ1) is 18.2. The zero-order chi connectivity index (χ0) is 17.5. The molecule has 0 bridgehead atoms. The lowest BCUT2D eigenvalue weighted by Crippen LogP contribution is -2.13. The first-order valence-corrected chi connectivity index (χ1v) is 9.04. The highest BCUT2D eigenvalue weighted by atomic mass is 16.1. The highest BCUT2D eigenvalue weighted by Crippen LogP contribution is 2.33. The van der Waals surface area contributed by atoms with Crippen LogP contribution in [0.4, 0.5) is 0 Å². The van der Waals surface area contributed by atoms with E-state index in [1.807, 2.05) is 25.1 Å². The highest BCUT2D eigenvalue weighted by Gasteiger charge is 2.24. The van der Waals surface area contributed by atoms with Gasteiger partial charge in [-0.2, -0.15) is 0 Å². The van der Waals surface area contributed by atoms with Crippen LogP contribution in [0.1, 0.15) is 67.7 Å². The predicted molar refractivity (Wildman–Crippen MR) is 99.1 cm³/mol. The number of nitrogens with zero attached hydrogens (tertiary/aromatic N) is 2. The van der Waals surface area contributed by atoms with Crippen molar-refractivity contribution in [2.45, 2.75) is 65.8 Å². The molecular formula is C20H29N3O. The molecule has 2 rings (SSSR count). The number of carbonyl (C=O) groups is 1. The molecule has 0 atom stereocenters. The molecule has 0 fully saturated rings. The first-order valence-electron chi connectivity index (χ1n) is 9.04. The lowest BCUT2D eigenvalue weighted by atomic mass is 10.0. The van der Waals surface area contributed by atoms with Crippen molar-refractivity contribution < 1.29 is 4.79 Å². The predicted octanol–water partition coefficient (Wildman–Crippen LogP) is 4.49. The summed E-state index contributed by atoms with van der Waals surface area (Å²) < 4.78 is 2.29. The van der Waals surface area contributed by atoms with Gasteiger partial charge in [0.25, 0.3) is 5.91 Å². The summed E-state index contributed by atoms with van der Waals surface area (Å²) in [5.41, 5.74) is 10.3. The van der Waals surface area contributed by atoms with E-state index in [1.54, 1.807) is 6.20 Å². The summed E-state index contributed by atoms with van der Waals surface area (Å²) in [6.45, 7) is 7.32. The minimum atomic E-state index is -0.361. The number of primary amides is 1. The van der Waals surface area contributed by atoms with E-state index in [9.17, 15) is 4.79 Å². The van der Waals surface area contributed by atoms with Crippen LogP contribution in [0.5, 0.6) is 0 Å². The average Bonchev–Trinajstić information content (AvgIpc) is 2.86. The van der Waals surface area contributed by atoms with Crippen LogP contribution < -0.4 is 5.73 Å². The lowest BCUT2D eigenvalue weighted by Gasteiger charge is -2.12. The first-order chi connectivity index (χ1) is 11.6. The summed E-state index contributed by atoms with van der Waals surface area (Å²) in [7, 11) is 0. The summed E-state index contributed by atoms with van der Waals surface area (Å²) in [4.78, 5) is 16.7. The second kappa shape index (κ2) is 8.67. The number of unbranched alkanes of at least 4 members (excludes halogenated alkanes) is 3. The van der Waals surface area contributed by atoms with Gasteiger partial charge in [0, 0.05) is 29.7 Å². The maximum absolute atomic E-state index is 12.2. The number of hydrogen-bond acceptors (Lipinski definition) is 2. The summed E-state index contributed by atoms with van der Waals surface area (Å²) in [6, 6.07) is 5.82. The molecule has 0 spiro atoms. The Labute approximate surface area is 145 Å². The molecule has 0 aromatic carbocycles. The van der Waals surface area contributed by atoms with Gasteiger partial charge in [-0.3, -0.25) is 9.78 Å². The molecule has 0 saturated heterocycles. The zero-order valence-corrected chi connectivity index (χ0v) is 15.1. The molecule has 4 heteroatoms. The molecule has 24 heavy (non-hydrogen) atoms. The van der Waals surface area contributed by atoms with Crippen molar-refractivity contribution >= 4 is 5.91 Å². The number of amides is 1. The molecule has 2 heterocycles. The molecule has 2 aromatic rings. The van der Waals surface area contributed by atoms with Crippen LogP contribution in [0.15, 0.2) is 24.4 Å². The van der Waals surface area contributed by atoms with E-state index in [2.05, 4.69) is 23.4 Å². The van der Waals surface area contributed by atoms with E-state index in [0.29, 0.717) is 5.56 Å². The van der Waals surface area contributed by atoms with Crippen LogP contribution in [-0.2, 0) is 13.0 Å². The van der Waals surface area contributed by atoms with E-state index in [1.165, 1.54) is 18.5 Å². The molecule has 0 saturated carbocycles. The second-order valence-corrected chi connectivity index (χ2v) is 6.32. The van der Waals surface area contributed by atoms with Gasteiger partial charge in [0.2, 0.25) is 0 Å². The van der Waals surface area contributed by atoms with Gasteiger partial charge < -0.3 is 10.3 Å². The van der Waals surface area contributed by atoms with Gasteiger partial charge in [-0.05, 0) is 38.3 Å². The Morgan fingerprint density at radius 2 is 1.92 bits per heavy atom. The summed E-state index contributed by atoms with van der Waals surface area (Å²) in [5.74, 6) is -0.361. The van der Waals surface area contributed by atoms with Crippen molar-refractivity contribution in [2.24, 2.45) is 5.73 Å². The summed E-state index contributed by atoms with van der Waals surface area (Å²) >= 11 is 0. The number of nitrogens with two attached hydrogens (primary N) is 1. The van der Waals surface area contributed by atoms with Crippen LogP contribution in [0, 0.1) is 6.92 Å². The maximum Gasteiger partial charge on any atom is 0.251 e. The topological polar surface area (TPSA) is 60.9 Å². The number of pyridine rings is 1. The Bertz CT molecular complexity index is 674. The SMILES string of the molecule is CCCCCc1c(-c2ccccn2)c(C(N)=O)c(C)n1CCCC. The molecule has 0 aliphatic heterocycles. The molecule has 0 radical (unpaired) electrons. The molecule has 0 unspecified atom stereocenters. The van der Waals surface area contributed by atoms with E-state index >= 15 is 0 Å². The van der Waals surface area contributed by atoms with Crippen molar-refractivity contribution in [2.75, 3.05) is 0 Å². The smallest absolute Gasteiger partial charge is 0.251 e. The van der Waals surface area contributed by atoms with Gasteiger partial charge in [0.15, 0.2) is 0 Å². The Morgan fingerprint density at radius 3 is 2.50 bits per heavy atom. The molecule has 4 nitrogen and oxygen atoms in total. The van der Waals surface area contributed by atoms with Gasteiger partial charge in [-0.15, -0.1) is 0 Å². The van der Waals surface area contributed by atoms with Crippen molar-refractivity contribution in [3.8, 4) is 11.3 Å². The third kappa shape index (κ3) is 3.86. The maximum atomic E-state index is 12.2. The molecule has 0 aliphatic rings. The number of hydrogen-bond donors (Lipinski definition) is 1. The van der Waals surface area contributed by atoms with Crippen LogP contribution in [0.3, 0.4) is 0 Å². The highest BCUT2D eigenvalue weighted by molar-refractivity contribution is 6.01. The van der Waals surface area contributed by atoms with Crippen molar-refractivity contribution in [3.05, 3.63) is 41.3 Å². The van der Waals surface area contributed by atoms with Crippen LogP contribution in [0.2, 0.25) is 0 Å². The van der Waals surface area contributed by atoms with Crippen LogP contribution in [0.25, 0.3) is 11.3 Å². The quantitative estimate of drug-likeness (QED) is 0.690. The molecule has 2 N–H and O–H groups in total.